The minimum absolute atomic E-state index is 0.0666. The van der Waals surface area contributed by atoms with E-state index in [9.17, 15) is 12.8 Å². The Bertz CT molecular complexity index is 832. The van der Waals surface area contributed by atoms with Gasteiger partial charge in [-0.15, -0.1) is 0 Å². The summed E-state index contributed by atoms with van der Waals surface area (Å²) in [5.41, 5.74) is 0.294. The third-order valence-electron chi connectivity index (χ3n) is 3.97. The van der Waals surface area contributed by atoms with Gasteiger partial charge in [0.05, 0.1) is 31.6 Å². The van der Waals surface area contributed by atoms with E-state index in [1.807, 2.05) is 0 Å². The largest absolute Gasteiger partial charge is 0.495 e. The average Bonchev–Trinajstić information content (AvgIpc) is 3.02. The van der Waals surface area contributed by atoms with Crippen LogP contribution in [-0.4, -0.2) is 38.0 Å². The molecule has 0 aliphatic carbocycles. The number of hydrogen-bond acceptors (Lipinski definition) is 5. The normalized spacial score (nSPS) is 18.1. The van der Waals surface area contributed by atoms with Crippen molar-refractivity contribution in [2.24, 2.45) is 0 Å². The van der Waals surface area contributed by atoms with Crippen LogP contribution in [0.15, 0.2) is 35.5 Å². The molecule has 0 spiro atoms. The van der Waals surface area contributed by atoms with Gasteiger partial charge in [0.2, 0.25) is 0 Å². The van der Waals surface area contributed by atoms with Gasteiger partial charge >= 0.3 is 0 Å². The number of benzene rings is 1. The molecule has 25 heavy (non-hydrogen) atoms. The fourth-order valence-electron chi connectivity index (χ4n) is 2.75. The number of nitrogens with one attached hydrogen (secondary N) is 1. The summed E-state index contributed by atoms with van der Waals surface area (Å²) in [5, 5.41) is 4.15. The standard InChI is InChI=1S/C16H20FN3O4S/c1-23-15-6-5-12(17)8-16(15)25(21,22)19-13-9-18-20(10-13)11-14-4-2-3-7-24-14/h5-6,8-10,14,19H,2-4,7,11H2,1H3/t14-/m0/s1. The van der Waals surface area contributed by atoms with Gasteiger partial charge in [0.15, 0.2) is 0 Å². The lowest BCUT2D eigenvalue weighted by molar-refractivity contribution is 0.00401. The van der Waals surface area contributed by atoms with Gasteiger partial charge in [-0.05, 0) is 37.5 Å². The van der Waals surface area contributed by atoms with Crippen molar-refractivity contribution in [3.63, 3.8) is 0 Å². The predicted octanol–water partition coefficient (Wildman–Crippen LogP) is 2.40. The lowest BCUT2D eigenvalue weighted by Crippen LogP contribution is -2.24. The minimum atomic E-state index is -4.00. The Balaban J connectivity index is 1.74. The molecule has 2 heterocycles. The third kappa shape index (κ3) is 4.29. The molecular weight excluding hydrogens is 349 g/mol. The monoisotopic (exact) mass is 369 g/mol. The number of halogens is 1. The summed E-state index contributed by atoms with van der Waals surface area (Å²) in [6.45, 7) is 1.30. The van der Waals surface area contributed by atoms with E-state index in [1.54, 1.807) is 10.9 Å². The first-order valence-electron chi connectivity index (χ1n) is 7.98. The number of ether oxygens (including phenoxy) is 2. The summed E-state index contributed by atoms with van der Waals surface area (Å²) in [7, 11) is -2.67. The van der Waals surface area contributed by atoms with Gasteiger partial charge in [0.1, 0.15) is 16.5 Å². The Morgan fingerprint density at radius 3 is 3.00 bits per heavy atom. The second kappa shape index (κ2) is 7.40. The molecule has 0 bridgehead atoms. The van der Waals surface area contributed by atoms with E-state index in [0.29, 0.717) is 12.2 Å². The van der Waals surface area contributed by atoms with Crippen molar-refractivity contribution in [1.82, 2.24) is 9.78 Å². The molecule has 1 aliphatic heterocycles. The zero-order valence-electron chi connectivity index (χ0n) is 13.8. The van der Waals surface area contributed by atoms with Crippen LogP contribution in [0, 0.1) is 5.82 Å². The highest BCUT2D eigenvalue weighted by atomic mass is 32.2. The lowest BCUT2D eigenvalue weighted by Gasteiger charge is -2.22. The van der Waals surface area contributed by atoms with Crippen molar-refractivity contribution < 1.29 is 22.3 Å². The van der Waals surface area contributed by atoms with E-state index in [-0.39, 0.29) is 16.7 Å². The first kappa shape index (κ1) is 17.7. The molecule has 1 aliphatic rings. The second-order valence-electron chi connectivity index (χ2n) is 5.84. The molecule has 3 rings (SSSR count). The molecule has 1 aromatic heterocycles. The van der Waals surface area contributed by atoms with E-state index in [0.717, 1.165) is 38.0 Å². The fraction of sp³-hybridized carbons (Fsp3) is 0.438. The number of sulfonamides is 1. The summed E-state index contributed by atoms with van der Waals surface area (Å²) in [6, 6.07) is 3.33. The maximum Gasteiger partial charge on any atom is 0.265 e. The van der Waals surface area contributed by atoms with E-state index < -0.39 is 15.8 Å². The number of aromatic nitrogens is 2. The number of methoxy groups -OCH3 is 1. The summed E-state index contributed by atoms with van der Waals surface area (Å²) in [6.07, 6.45) is 6.22. The van der Waals surface area contributed by atoms with E-state index in [4.69, 9.17) is 9.47 Å². The molecule has 1 aromatic carbocycles. The summed E-state index contributed by atoms with van der Waals surface area (Å²) in [4.78, 5) is -0.265. The molecule has 1 atom stereocenters. The Labute approximate surface area is 145 Å². The zero-order chi connectivity index (χ0) is 17.9. The van der Waals surface area contributed by atoms with Crippen LogP contribution in [0.2, 0.25) is 0 Å². The van der Waals surface area contributed by atoms with Crippen molar-refractivity contribution in [1.29, 1.82) is 0 Å². The second-order valence-corrected chi connectivity index (χ2v) is 7.49. The molecule has 1 fully saturated rings. The van der Waals surface area contributed by atoms with Crippen LogP contribution >= 0.6 is 0 Å². The van der Waals surface area contributed by atoms with Crippen molar-refractivity contribution in [3.8, 4) is 5.75 Å². The highest BCUT2D eigenvalue weighted by molar-refractivity contribution is 7.92. The molecule has 1 saturated heterocycles. The summed E-state index contributed by atoms with van der Waals surface area (Å²) in [5.74, 6) is -0.594. The van der Waals surface area contributed by atoms with Crippen LogP contribution in [0.5, 0.6) is 5.75 Å². The van der Waals surface area contributed by atoms with Crippen molar-refractivity contribution in [2.75, 3.05) is 18.4 Å². The third-order valence-corrected chi connectivity index (χ3v) is 5.37. The molecule has 0 radical (unpaired) electrons. The van der Waals surface area contributed by atoms with Crippen LogP contribution < -0.4 is 9.46 Å². The van der Waals surface area contributed by atoms with Gasteiger partial charge in [-0.3, -0.25) is 9.40 Å². The van der Waals surface area contributed by atoms with E-state index >= 15 is 0 Å². The molecule has 7 nitrogen and oxygen atoms in total. The Morgan fingerprint density at radius 1 is 1.44 bits per heavy atom. The average molecular weight is 369 g/mol. The predicted molar refractivity (Wildman–Crippen MR) is 89.6 cm³/mol. The van der Waals surface area contributed by atoms with Crippen LogP contribution in [0.4, 0.5) is 10.1 Å². The van der Waals surface area contributed by atoms with Gasteiger partial charge in [-0.25, -0.2) is 12.8 Å². The first-order chi connectivity index (χ1) is 12.0. The number of anilines is 1. The SMILES string of the molecule is COc1ccc(F)cc1S(=O)(=O)Nc1cnn(C[C@@H]2CCCCO2)c1. The maximum atomic E-state index is 13.4. The van der Waals surface area contributed by atoms with Crippen molar-refractivity contribution in [3.05, 3.63) is 36.4 Å². The molecule has 2 aromatic rings. The van der Waals surface area contributed by atoms with Crippen LogP contribution in [0.3, 0.4) is 0 Å². The van der Waals surface area contributed by atoms with Gasteiger partial charge in [0.25, 0.3) is 10.0 Å². The lowest BCUT2D eigenvalue weighted by atomic mass is 10.1. The Kier molecular flexibility index (Phi) is 5.24. The highest BCUT2D eigenvalue weighted by Crippen LogP contribution is 2.26. The Morgan fingerprint density at radius 2 is 2.28 bits per heavy atom. The summed E-state index contributed by atoms with van der Waals surface area (Å²) >= 11 is 0. The molecule has 9 heteroatoms. The Hall–Kier alpha value is -2.13. The van der Waals surface area contributed by atoms with E-state index in [2.05, 4.69) is 9.82 Å². The summed E-state index contributed by atoms with van der Waals surface area (Å²) < 4.78 is 53.2. The number of nitrogens with zero attached hydrogens (tertiary/aromatic N) is 2. The van der Waals surface area contributed by atoms with Crippen LogP contribution in [0.25, 0.3) is 0 Å². The van der Waals surface area contributed by atoms with Crippen molar-refractivity contribution in [2.45, 2.75) is 36.8 Å². The highest BCUT2D eigenvalue weighted by Gasteiger charge is 2.22. The topological polar surface area (TPSA) is 82.5 Å². The van der Waals surface area contributed by atoms with Crippen LogP contribution in [-0.2, 0) is 21.3 Å². The molecule has 0 amide bonds. The molecule has 136 valence electrons. The van der Waals surface area contributed by atoms with Crippen LogP contribution in [0.1, 0.15) is 19.3 Å². The number of rotatable bonds is 6. The van der Waals surface area contributed by atoms with Gasteiger partial charge in [0, 0.05) is 12.8 Å². The molecule has 1 N–H and O–H groups in total. The van der Waals surface area contributed by atoms with Gasteiger partial charge in [-0.1, -0.05) is 0 Å². The van der Waals surface area contributed by atoms with E-state index in [1.165, 1.54) is 19.4 Å². The quantitative estimate of drug-likeness (QED) is 0.845. The minimum Gasteiger partial charge on any atom is -0.495 e. The van der Waals surface area contributed by atoms with Crippen molar-refractivity contribution >= 4 is 15.7 Å². The first-order valence-corrected chi connectivity index (χ1v) is 9.46. The fourth-order valence-corrected chi connectivity index (χ4v) is 3.96. The molecule has 0 saturated carbocycles. The smallest absolute Gasteiger partial charge is 0.265 e. The van der Waals surface area contributed by atoms with Gasteiger partial charge in [-0.2, -0.15) is 5.10 Å². The molecular formula is C16H20FN3O4S. The zero-order valence-corrected chi connectivity index (χ0v) is 14.6. The van der Waals surface area contributed by atoms with Gasteiger partial charge < -0.3 is 9.47 Å². The molecule has 0 unspecified atom stereocenters. The maximum absolute atomic E-state index is 13.4. The number of hydrogen-bond donors (Lipinski definition) is 1.